The third-order valence-electron chi connectivity index (χ3n) is 3.57. The molecule has 0 aromatic heterocycles. The molecule has 0 aliphatic carbocycles. The number of fused-ring (bicyclic) bond motifs is 1. The third-order valence-corrected chi connectivity index (χ3v) is 3.57. The monoisotopic (exact) mass is 181 g/mol. The second kappa shape index (κ2) is 3.27. The Kier molecular flexibility index (Phi) is 2.39. The lowest BCUT2D eigenvalue weighted by molar-refractivity contribution is 0.0154. The minimum absolute atomic E-state index is 0.530. The van der Waals surface area contributed by atoms with E-state index in [1.165, 1.54) is 38.8 Å². The summed E-state index contributed by atoms with van der Waals surface area (Å²) >= 11 is 0. The fourth-order valence-corrected chi connectivity index (χ4v) is 2.95. The molecule has 0 N–H and O–H groups in total. The van der Waals surface area contributed by atoms with Crippen molar-refractivity contribution >= 4 is 0 Å². The van der Waals surface area contributed by atoms with E-state index < -0.39 is 0 Å². The van der Waals surface area contributed by atoms with Crippen LogP contribution in [-0.4, -0.2) is 24.0 Å². The molecule has 13 heavy (non-hydrogen) atoms. The van der Waals surface area contributed by atoms with E-state index in [1.807, 2.05) is 0 Å². The van der Waals surface area contributed by atoms with Crippen molar-refractivity contribution in [3.8, 4) is 0 Å². The first kappa shape index (κ1) is 9.51. The highest BCUT2D eigenvalue weighted by molar-refractivity contribution is 4.90. The fraction of sp³-hybridized carbons (Fsp3) is 1.00. The van der Waals surface area contributed by atoms with E-state index in [0.717, 1.165) is 12.0 Å². The Balaban J connectivity index is 1.81. The van der Waals surface area contributed by atoms with Crippen LogP contribution in [0.5, 0.6) is 0 Å². The zero-order chi connectivity index (χ0) is 9.47. The van der Waals surface area contributed by atoms with Crippen molar-refractivity contribution in [3.05, 3.63) is 0 Å². The van der Waals surface area contributed by atoms with Crippen molar-refractivity contribution in [2.75, 3.05) is 13.1 Å². The molecule has 2 fully saturated rings. The lowest BCUT2D eigenvalue weighted by Gasteiger charge is -2.48. The van der Waals surface area contributed by atoms with E-state index in [9.17, 15) is 0 Å². The summed E-state index contributed by atoms with van der Waals surface area (Å²) in [7, 11) is 0. The molecule has 2 unspecified atom stereocenters. The average molecular weight is 181 g/mol. The Hall–Kier alpha value is -0.0400. The van der Waals surface area contributed by atoms with E-state index in [0.29, 0.717) is 5.41 Å². The van der Waals surface area contributed by atoms with Gasteiger partial charge in [-0.15, -0.1) is 0 Å². The lowest BCUT2D eigenvalue weighted by Crippen LogP contribution is -2.53. The van der Waals surface area contributed by atoms with E-state index in [1.54, 1.807) is 0 Å². The first-order valence-corrected chi connectivity index (χ1v) is 5.79. The maximum absolute atomic E-state index is 2.69. The summed E-state index contributed by atoms with van der Waals surface area (Å²) in [5, 5.41) is 0. The number of nitrogens with zero attached hydrogens (tertiary/aromatic N) is 1. The zero-order valence-corrected chi connectivity index (χ0v) is 9.34. The van der Waals surface area contributed by atoms with Crippen LogP contribution in [0.3, 0.4) is 0 Å². The fourth-order valence-electron chi connectivity index (χ4n) is 2.95. The molecule has 2 heterocycles. The van der Waals surface area contributed by atoms with Gasteiger partial charge < -0.3 is 4.90 Å². The van der Waals surface area contributed by atoms with Crippen LogP contribution in [0.2, 0.25) is 0 Å². The first-order valence-electron chi connectivity index (χ1n) is 5.79. The number of piperidine rings is 1. The van der Waals surface area contributed by atoms with Crippen molar-refractivity contribution in [2.45, 2.75) is 52.5 Å². The molecule has 0 saturated carbocycles. The Morgan fingerprint density at radius 3 is 2.38 bits per heavy atom. The Morgan fingerprint density at radius 1 is 1.15 bits per heavy atom. The summed E-state index contributed by atoms with van der Waals surface area (Å²) in [6, 6.07) is 0.983. The molecule has 0 aromatic carbocycles. The molecule has 0 aromatic rings. The summed E-state index contributed by atoms with van der Waals surface area (Å²) < 4.78 is 0. The molecule has 0 radical (unpaired) electrons. The largest absolute Gasteiger partial charge is 0.300 e. The highest BCUT2D eigenvalue weighted by Crippen LogP contribution is 2.36. The van der Waals surface area contributed by atoms with Gasteiger partial charge in [-0.1, -0.05) is 20.8 Å². The van der Waals surface area contributed by atoms with Crippen LogP contribution in [0.25, 0.3) is 0 Å². The first-order chi connectivity index (χ1) is 6.04. The van der Waals surface area contributed by atoms with Gasteiger partial charge >= 0.3 is 0 Å². The van der Waals surface area contributed by atoms with Gasteiger partial charge in [-0.05, 0) is 43.6 Å². The predicted octanol–water partition coefficient (Wildman–Crippen LogP) is 2.91. The van der Waals surface area contributed by atoms with Gasteiger partial charge in [0, 0.05) is 12.6 Å². The Labute approximate surface area is 82.5 Å². The van der Waals surface area contributed by atoms with Gasteiger partial charge in [0.05, 0.1) is 0 Å². The molecule has 2 rings (SSSR count). The summed E-state index contributed by atoms with van der Waals surface area (Å²) in [6.07, 6.45) is 5.84. The van der Waals surface area contributed by atoms with Gasteiger partial charge in [-0.3, -0.25) is 0 Å². The summed E-state index contributed by atoms with van der Waals surface area (Å²) in [4.78, 5) is 2.69. The van der Waals surface area contributed by atoms with Crippen molar-refractivity contribution in [1.29, 1.82) is 0 Å². The van der Waals surface area contributed by atoms with Crippen LogP contribution in [0.1, 0.15) is 46.5 Å². The molecule has 2 atom stereocenters. The minimum Gasteiger partial charge on any atom is -0.300 e. The van der Waals surface area contributed by atoms with Gasteiger partial charge in [0.2, 0.25) is 0 Å². The molecule has 1 heteroatoms. The van der Waals surface area contributed by atoms with Crippen molar-refractivity contribution in [2.24, 2.45) is 11.3 Å². The smallest absolute Gasteiger partial charge is 0.0108 e. The molecular formula is C12H23N. The van der Waals surface area contributed by atoms with E-state index >= 15 is 0 Å². The average Bonchev–Trinajstić information content (AvgIpc) is 1.92. The highest BCUT2D eigenvalue weighted by Gasteiger charge is 2.35. The molecule has 2 aliphatic rings. The van der Waals surface area contributed by atoms with Crippen LogP contribution < -0.4 is 0 Å². The van der Waals surface area contributed by atoms with Crippen LogP contribution in [0.4, 0.5) is 0 Å². The molecule has 2 aliphatic heterocycles. The van der Waals surface area contributed by atoms with Crippen LogP contribution in [0.15, 0.2) is 0 Å². The van der Waals surface area contributed by atoms with Crippen molar-refractivity contribution in [1.82, 2.24) is 4.90 Å². The van der Waals surface area contributed by atoms with Gasteiger partial charge in [0.15, 0.2) is 0 Å². The highest BCUT2D eigenvalue weighted by atomic mass is 15.2. The number of hydrogen-bond donors (Lipinski definition) is 0. The second-order valence-corrected chi connectivity index (χ2v) is 6.15. The van der Waals surface area contributed by atoms with Gasteiger partial charge in [0.1, 0.15) is 0 Å². The van der Waals surface area contributed by atoms with Gasteiger partial charge in [-0.2, -0.15) is 0 Å². The zero-order valence-electron chi connectivity index (χ0n) is 9.34. The number of rotatable bonds is 1. The molecule has 2 saturated heterocycles. The summed E-state index contributed by atoms with van der Waals surface area (Å²) in [6.45, 7) is 9.88. The van der Waals surface area contributed by atoms with Crippen molar-refractivity contribution in [3.63, 3.8) is 0 Å². The van der Waals surface area contributed by atoms with Crippen LogP contribution >= 0.6 is 0 Å². The number of hydrogen-bond acceptors (Lipinski definition) is 1. The molecular weight excluding hydrogens is 158 g/mol. The van der Waals surface area contributed by atoms with Gasteiger partial charge in [-0.25, -0.2) is 0 Å². The van der Waals surface area contributed by atoms with Crippen molar-refractivity contribution < 1.29 is 0 Å². The molecule has 0 bridgehead atoms. The van der Waals surface area contributed by atoms with Crippen LogP contribution in [0, 0.1) is 11.3 Å². The predicted molar refractivity (Wildman–Crippen MR) is 56.8 cm³/mol. The standard InChI is InChI=1S/C12H23N/c1-12(2,3)8-10-4-5-11-6-7-13(11)9-10/h10-11H,4-9H2,1-3H3. The third kappa shape index (κ3) is 2.25. The van der Waals surface area contributed by atoms with Gasteiger partial charge in [0.25, 0.3) is 0 Å². The van der Waals surface area contributed by atoms with E-state index in [4.69, 9.17) is 0 Å². The molecule has 1 nitrogen and oxygen atoms in total. The topological polar surface area (TPSA) is 3.24 Å². The van der Waals surface area contributed by atoms with E-state index in [2.05, 4.69) is 25.7 Å². The summed E-state index contributed by atoms with van der Waals surface area (Å²) in [5.74, 6) is 0.983. The molecule has 0 amide bonds. The molecule has 0 spiro atoms. The summed E-state index contributed by atoms with van der Waals surface area (Å²) in [5.41, 5.74) is 0.530. The van der Waals surface area contributed by atoms with Crippen LogP contribution in [-0.2, 0) is 0 Å². The minimum atomic E-state index is 0.530. The van der Waals surface area contributed by atoms with E-state index in [-0.39, 0.29) is 0 Å². The lowest BCUT2D eigenvalue weighted by atomic mass is 9.77. The Bertz CT molecular complexity index is 180. The second-order valence-electron chi connectivity index (χ2n) is 6.15. The quantitative estimate of drug-likeness (QED) is 0.601. The maximum atomic E-state index is 2.69. The SMILES string of the molecule is CC(C)(C)CC1CCC2CCN2C1. The molecule has 76 valence electrons. The Morgan fingerprint density at radius 2 is 1.92 bits per heavy atom. The normalized spacial score (nSPS) is 35.3. The maximum Gasteiger partial charge on any atom is 0.0108 e.